The van der Waals surface area contributed by atoms with E-state index in [0.29, 0.717) is 0 Å². The lowest BCUT2D eigenvalue weighted by atomic mass is 10.1. The zero-order chi connectivity index (χ0) is 12.5. The van der Waals surface area contributed by atoms with E-state index in [1.165, 1.54) is 5.56 Å². The summed E-state index contributed by atoms with van der Waals surface area (Å²) in [4.78, 5) is 4.71. The maximum absolute atomic E-state index is 4.71. The van der Waals surface area contributed by atoms with E-state index < -0.39 is 0 Å². The number of fused-ring (bicyclic) bond motifs is 1. The van der Waals surface area contributed by atoms with Gasteiger partial charge in [-0.25, -0.2) is 4.98 Å². The average molecular weight is 238 g/mol. The number of hydrogen-bond donors (Lipinski definition) is 1. The molecule has 0 saturated carbocycles. The van der Waals surface area contributed by atoms with Crippen LogP contribution in [0.15, 0.2) is 48.7 Å². The van der Waals surface area contributed by atoms with Crippen LogP contribution in [0.1, 0.15) is 11.3 Å². The van der Waals surface area contributed by atoms with Crippen molar-refractivity contribution in [3.63, 3.8) is 0 Å². The highest BCUT2D eigenvalue weighted by Crippen LogP contribution is 2.24. The van der Waals surface area contributed by atoms with Gasteiger partial charge in [-0.1, -0.05) is 35.9 Å². The fraction of sp³-hybridized carbons (Fsp3) is 0.133. The molecule has 0 spiro atoms. The molecule has 90 valence electrons. The van der Waals surface area contributed by atoms with Crippen molar-refractivity contribution in [3.8, 4) is 11.3 Å². The molecule has 2 aromatic heterocycles. The number of pyridine rings is 1. The number of benzene rings is 1. The van der Waals surface area contributed by atoms with Crippen molar-refractivity contribution in [1.29, 1.82) is 0 Å². The van der Waals surface area contributed by atoms with Crippen LogP contribution in [0.25, 0.3) is 16.9 Å². The number of aromatic nitrogens is 2. The van der Waals surface area contributed by atoms with Gasteiger partial charge in [-0.2, -0.15) is 0 Å². The van der Waals surface area contributed by atoms with Gasteiger partial charge in [-0.05, 0) is 19.1 Å². The molecule has 0 aliphatic carbocycles. The van der Waals surface area contributed by atoms with Gasteiger partial charge in [-0.3, -0.25) is 4.40 Å². The minimum atomic E-state index is 0.731. The van der Waals surface area contributed by atoms with Crippen LogP contribution in [0.2, 0.25) is 0 Å². The van der Waals surface area contributed by atoms with Gasteiger partial charge >= 0.3 is 0 Å². The van der Waals surface area contributed by atoms with Crippen molar-refractivity contribution >= 4 is 5.65 Å². The quantitative estimate of drug-likeness (QED) is 0.729. The van der Waals surface area contributed by atoms with Crippen molar-refractivity contribution in [3.05, 3.63) is 59.9 Å². The maximum atomic E-state index is 4.71. The molecule has 0 saturated heterocycles. The van der Waals surface area contributed by atoms with Crippen molar-refractivity contribution < 1.29 is 5.73 Å². The SMILES string of the molecule is Cc1ccc(-c2nc3ccccn3c2C[NH3+])cc1. The lowest BCUT2D eigenvalue weighted by Crippen LogP contribution is -2.48. The van der Waals surface area contributed by atoms with Crippen LogP contribution >= 0.6 is 0 Å². The lowest BCUT2D eigenvalue weighted by Gasteiger charge is -2.01. The van der Waals surface area contributed by atoms with E-state index in [1.807, 2.05) is 24.4 Å². The van der Waals surface area contributed by atoms with Gasteiger partial charge in [0.1, 0.15) is 17.9 Å². The summed E-state index contributed by atoms with van der Waals surface area (Å²) in [6, 6.07) is 14.5. The topological polar surface area (TPSA) is 44.9 Å². The third-order valence-electron chi connectivity index (χ3n) is 3.19. The molecule has 0 atom stereocenters. The average Bonchev–Trinajstić information content (AvgIpc) is 2.78. The van der Waals surface area contributed by atoms with Crippen molar-refractivity contribution in [1.82, 2.24) is 9.38 Å². The van der Waals surface area contributed by atoms with Crippen LogP contribution in [0.5, 0.6) is 0 Å². The summed E-state index contributed by atoms with van der Waals surface area (Å²) in [5, 5.41) is 0. The molecule has 3 heteroatoms. The van der Waals surface area contributed by atoms with E-state index in [-0.39, 0.29) is 0 Å². The summed E-state index contributed by atoms with van der Waals surface area (Å²) in [6.45, 7) is 2.82. The molecule has 1 aromatic carbocycles. The van der Waals surface area contributed by atoms with E-state index in [9.17, 15) is 0 Å². The van der Waals surface area contributed by atoms with Gasteiger partial charge < -0.3 is 5.73 Å². The van der Waals surface area contributed by atoms with E-state index >= 15 is 0 Å². The molecule has 0 fully saturated rings. The monoisotopic (exact) mass is 238 g/mol. The smallest absolute Gasteiger partial charge is 0.137 e. The standard InChI is InChI=1S/C15H15N3/c1-11-5-7-12(8-6-11)15-13(10-16)18-9-3-2-4-14(18)17-15/h2-9H,10,16H2,1H3/p+1. The fourth-order valence-corrected chi connectivity index (χ4v) is 2.23. The largest absolute Gasteiger partial charge is 0.353 e. The Bertz CT molecular complexity index is 681. The number of nitrogens with zero attached hydrogens (tertiary/aromatic N) is 2. The molecular weight excluding hydrogens is 222 g/mol. The number of hydrogen-bond acceptors (Lipinski definition) is 1. The van der Waals surface area contributed by atoms with Gasteiger partial charge in [-0.15, -0.1) is 0 Å². The van der Waals surface area contributed by atoms with Crippen LogP contribution in [-0.2, 0) is 6.54 Å². The van der Waals surface area contributed by atoms with Crippen LogP contribution in [0.4, 0.5) is 0 Å². The number of imidazole rings is 1. The lowest BCUT2D eigenvalue weighted by molar-refractivity contribution is -0.387. The molecule has 0 bridgehead atoms. The van der Waals surface area contributed by atoms with Crippen molar-refractivity contribution in [2.75, 3.05) is 0 Å². The first-order valence-corrected chi connectivity index (χ1v) is 6.12. The summed E-state index contributed by atoms with van der Waals surface area (Å²) in [5.41, 5.74) is 9.62. The van der Waals surface area contributed by atoms with Gasteiger partial charge in [0.25, 0.3) is 0 Å². The van der Waals surface area contributed by atoms with E-state index in [0.717, 1.165) is 29.1 Å². The van der Waals surface area contributed by atoms with Gasteiger partial charge in [0.15, 0.2) is 0 Å². The molecule has 0 aliphatic rings. The Hall–Kier alpha value is -2.13. The second-order valence-corrected chi connectivity index (χ2v) is 4.45. The Labute approximate surface area is 106 Å². The predicted molar refractivity (Wildman–Crippen MR) is 72.0 cm³/mol. The predicted octanol–water partition coefficient (Wildman–Crippen LogP) is 2.05. The molecule has 0 radical (unpaired) electrons. The zero-order valence-corrected chi connectivity index (χ0v) is 10.4. The van der Waals surface area contributed by atoms with Crippen LogP contribution in [0, 0.1) is 6.92 Å². The summed E-state index contributed by atoms with van der Waals surface area (Å²) >= 11 is 0. The summed E-state index contributed by atoms with van der Waals surface area (Å²) < 4.78 is 2.11. The Balaban J connectivity index is 2.25. The van der Waals surface area contributed by atoms with Gasteiger partial charge in [0, 0.05) is 11.8 Å². The van der Waals surface area contributed by atoms with E-state index in [2.05, 4.69) is 41.3 Å². The summed E-state index contributed by atoms with van der Waals surface area (Å²) in [6.07, 6.45) is 2.04. The minimum absolute atomic E-state index is 0.731. The number of rotatable bonds is 2. The van der Waals surface area contributed by atoms with Crippen molar-refractivity contribution in [2.24, 2.45) is 0 Å². The Morgan fingerprint density at radius 2 is 1.89 bits per heavy atom. The van der Waals surface area contributed by atoms with Crippen molar-refractivity contribution in [2.45, 2.75) is 13.5 Å². The summed E-state index contributed by atoms with van der Waals surface area (Å²) in [7, 11) is 0. The van der Waals surface area contributed by atoms with Crippen LogP contribution < -0.4 is 5.73 Å². The summed E-state index contributed by atoms with van der Waals surface area (Å²) in [5.74, 6) is 0. The molecule has 18 heavy (non-hydrogen) atoms. The molecular formula is C15H16N3+. The normalized spacial score (nSPS) is 11.0. The second-order valence-electron chi connectivity index (χ2n) is 4.45. The second kappa shape index (κ2) is 4.27. The first-order chi connectivity index (χ1) is 8.79. The zero-order valence-electron chi connectivity index (χ0n) is 10.4. The molecule has 3 aromatic rings. The molecule has 2 heterocycles. The van der Waals surface area contributed by atoms with E-state index in [1.54, 1.807) is 0 Å². The minimum Gasteiger partial charge on any atom is -0.353 e. The van der Waals surface area contributed by atoms with E-state index in [4.69, 9.17) is 4.98 Å². The van der Waals surface area contributed by atoms with Gasteiger partial charge in [0.05, 0.1) is 5.69 Å². The molecule has 3 nitrogen and oxygen atoms in total. The molecule has 0 unspecified atom stereocenters. The molecule has 0 aliphatic heterocycles. The third-order valence-corrected chi connectivity index (χ3v) is 3.19. The van der Waals surface area contributed by atoms with Crippen LogP contribution in [-0.4, -0.2) is 9.38 Å². The first kappa shape index (κ1) is 11.0. The van der Waals surface area contributed by atoms with Gasteiger partial charge in [0.2, 0.25) is 0 Å². The highest BCUT2D eigenvalue weighted by atomic mass is 15.0. The molecule has 0 amide bonds. The highest BCUT2D eigenvalue weighted by Gasteiger charge is 2.13. The number of quaternary nitrogens is 1. The van der Waals surface area contributed by atoms with Crippen LogP contribution in [0.3, 0.4) is 0 Å². The maximum Gasteiger partial charge on any atom is 0.137 e. The number of aryl methyl sites for hydroxylation is 1. The Morgan fingerprint density at radius 3 is 2.61 bits per heavy atom. The third kappa shape index (κ3) is 1.69. The first-order valence-electron chi connectivity index (χ1n) is 6.12. The molecule has 3 rings (SSSR count). The fourth-order valence-electron chi connectivity index (χ4n) is 2.23. The molecule has 3 N–H and O–H groups in total. The Morgan fingerprint density at radius 1 is 1.11 bits per heavy atom. The highest BCUT2D eigenvalue weighted by molar-refractivity contribution is 5.66. The Kier molecular flexibility index (Phi) is 2.61.